The van der Waals surface area contributed by atoms with Gasteiger partial charge < -0.3 is 29.7 Å². The normalized spacial score (nSPS) is 16.1. The van der Waals surface area contributed by atoms with Crippen LogP contribution in [0.4, 0.5) is 16.6 Å². The predicted octanol–water partition coefficient (Wildman–Crippen LogP) is 4.71. The minimum Gasteiger partial charge on any atom is -0.467 e. The van der Waals surface area contributed by atoms with Gasteiger partial charge in [-0.2, -0.15) is 5.10 Å². The maximum absolute atomic E-state index is 12.5. The van der Waals surface area contributed by atoms with Crippen LogP contribution in [0.1, 0.15) is 51.8 Å². The van der Waals surface area contributed by atoms with E-state index in [-0.39, 0.29) is 18.9 Å². The van der Waals surface area contributed by atoms with Crippen LogP contribution in [0.5, 0.6) is 5.75 Å². The van der Waals surface area contributed by atoms with Gasteiger partial charge in [-0.05, 0) is 69.9 Å². The Bertz CT molecular complexity index is 1710. The molecule has 13 heteroatoms. The summed E-state index contributed by atoms with van der Waals surface area (Å²) in [6.45, 7) is 8.37. The van der Waals surface area contributed by atoms with Crippen LogP contribution >= 0.6 is 0 Å². The second kappa shape index (κ2) is 12.7. The molecule has 2 N–H and O–H groups in total. The lowest BCUT2D eigenvalue weighted by atomic mass is 10.0. The number of benzene rings is 1. The lowest BCUT2D eigenvalue weighted by Crippen LogP contribution is -2.39. The van der Waals surface area contributed by atoms with Crippen LogP contribution < -0.4 is 15.4 Å². The maximum atomic E-state index is 12.5. The fourth-order valence-corrected chi connectivity index (χ4v) is 5.68. The first-order valence-electron chi connectivity index (χ1n) is 15.2. The number of ether oxygens (including phenoxy) is 3. The van der Waals surface area contributed by atoms with E-state index in [0.717, 1.165) is 48.3 Å². The smallest absolute Gasteiger partial charge is 0.410 e. The van der Waals surface area contributed by atoms with E-state index in [4.69, 9.17) is 24.9 Å². The van der Waals surface area contributed by atoms with E-state index < -0.39 is 5.60 Å². The molecule has 45 heavy (non-hydrogen) atoms. The number of hydrogen-bond acceptors (Lipinski definition) is 11. The summed E-state index contributed by atoms with van der Waals surface area (Å²) < 4.78 is 18.4. The molecule has 2 aliphatic heterocycles. The summed E-state index contributed by atoms with van der Waals surface area (Å²) in [5.74, 6) is 1.72. The summed E-state index contributed by atoms with van der Waals surface area (Å²) in [5.41, 5.74) is 10.7. The van der Waals surface area contributed by atoms with E-state index >= 15 is 0 Å². The van der Waals surface area contributed by atoms with Crippen LogP contribution in [-0.4, -0.2) is 86.6 Å². The Labute approximate surface area is 262 Å². The van der Waals surface area contributed by atoms with E-state index in [1.54, 1.807) is 18.2 Å². The fourth-order valence-electron chi connectivity index (χ4n) is 5.68. The summed E-state index contributed by atoms with van der Waals surface area (Å²) in [6, 6.07) is 11.7. The standard InChI is InChI=1S/C32H39N9O4/c1-32(2,3)45-31(42)40-15-10-21(11-16-40)24-9-14-34-30(35-24)39-17-12-22(13-18-39)41-26-19-25(36-37-28(26)29(33)38-41)23-7-5-6-8-27(23)44-20-43-4/h5-10,14,19,22H,11-13,15-18,20H2,1-4H3,(H2,33,38). The molecule has 0 saturated carbocycles. The average molecular weight is 614 g/mol. The molecule has 1 aromatic carbocycles. The lowest BCUT2D eigenvalue weighted by molar-refractivity contribution is 0.0270. The summed E-state index contributed by atoms with van der Waals surface area (Å²) in [5, 5.41) is 13.5. The van der Waals surface area contributed by atoms with Crippen LogP contribution in [0, 0.1) is 0 Å². The number of nitrogens with two attached hydrogens (primary N) is 1. The topological polar surface area (TPSA) is 147 Å². The molecule has 2 aliphatic rings. The van der Waals surface area contributed by atoms with E-state index in [9.17, 15) is 4.79 Å². The molecule has 1 saturated heterocycles. The van der Waals surface area contributed by atoms with Crippen molar-refractivity contribution in [2.45, 2.75) is 51.7 Å². The van der Waals surface area contributed by atoms with Crippen molar-refractivity contribution in [3.8, 4) is 17.0 Å². The second-order valence-corrected chi connectivity index (χ2v) is 12.2. The predicted molar refractivity (Wildman–Crippen MR) is 171 cm³/mol. The Hall–Kier alpha value is -4.78. The Balaban J connectivity index is 1.15. The molecular formula is C32H39N9O4. The van der Waals surface area contributed by atoms with E-state index in [1.165, 1.54) is 0 Å². The van der Waals surface area contributed by atoms with Crippen molar-refractivity contribution in [2.75, 3.05) is 50.7 Å². The summed E-state index contributed by atoms with van der Waals surface area (Å²) in [7, 11) is 1.58. The van der Waals surface area contributed by atoms with Crippen molar-refractivity contribution < 1.29 is 19.0 Å². The van der Waals surface area contributed by atoms with Gasteiger partial charge in [0.2, 0.25) is 5.95 Å². The molecule has 5 heterocycles. The van der Waals surface area contributed by atoms with Gasteiger partial charge in [-0.1, -0.05) is 18.2 Å². The van der Waals surface area contributed by atoms with Crippen molar-refractivity contribution in [1.82, 2.24) is 34.8 Å². The highest BCUT2D eigenvalue weighted by Crippen LogP contribution is 2.34. The SMILES string of the molecule is COCOc1ccccc1-c1cc2c(nn1)c(N)nn2C1CCN(c2nccc(C3=CCN(C(=O)OC(C)(C)C)CC3)n2)CC1. The highest BCUT2D eigenvalue weighted by atomic mass is 16.7. The zero-order chi connectivity index (χ0) is 31.6. The Morgan fingerprint density at radius 2 is 1.87 bits per heavy atom. The third-order valence-electron chi connectivity index (χ3n) is 7.90. The van der Waals surface area contributed by atoms with Gasteiger partial charge in [0.1, 0.15) is 11.4 Å². The van der Waals surface area contributed by atoms with Gasteiger partial charge in [0.15, 0.2) is 18.1 Å². The van der Waals surface area contributed by atoms with Crippen LogP contribution in [0.15, 0.2) is 48.7 Å². The molecule has 4 aromatic rings. The molecule has 0 unspecified atom stereocenters. The molecule has 0 spiro atoms. The van der Waals surface area contributed by atoms with E-state index in [0.29, 0.717) is 48.2 Å². The molecule has 1 fully saturated rings. The van der Waals surface area contributed by atoms with Gasteiger partial charge in [-0.25, -0.2) is 14.8 Å². The number of para-hydroxylation sites is 1. The Morgan fingerprint density at radius 1 is 1.07 bits per heavy atom. The Morgan fingerprint density at radius 3 is 2.60 bits per heavy atom. The number of hydrogen-bond donors (Lipinski definition) is 1. The van der Waals surface area contributed by atoms with Gasteiger partial charge in [0, 0.05) is 45.0 Å². The molecule has 0 radical (unpaired) electrons. The average Bonchev–Trinajstić information content (AvgIpc) is 3.38. The Kier molecular flexibility index (Phi) is 8.52. The van der Waals surface area contributed by atoms with Crippen LogP contribution in [0.3, 0.4) is 0 Å². The number of rotatable bonds is 7. The number of methoxy groups -OCH3 is 1. The summed E-state index contributed by atoms with van der Waals surface area (Å²) in [6.07, 6.45) is 5.95. The molecule has 236 valence electrons. The van der Waals surface area contributed by atoms with Gasteiger partial charge >= 0.3 is 6.09 Å². The quantitative estimate of drug-likeness (QED) is 0.289. The fraction of sp³-hybridized carbons (Fsp3) is 0.438. The molecular weight excluding hydrogens is 574 g/mol. The number of carbonyl (C=O) groups excluding carboxylic acids is 1. The van der Waals surface area contributed by atoms with Crippen molar-refractivity contribution in [3.63, 3.8) is 0 Å². The number of piperidine rings is 1. The number of fused-ring (bicyclic) bond motifs is 1. The number of carbonyl (C=O) groups is 1. The number of anilines is 2. The van der Waals surface area contributed by atoms with E-state index in [2.05, 4.69) is 31.3 Å². The monoisotopic (exact) mass is 613 g/mol. The highest BCUT2D eigenvalue weighted by molar-refractivity contribution is 5.87. The number of nitrogen functional groups attached to an aromatic ring is 1. The number of nitrogens with zero attached hydrogens (tertiary/aromatic N) is 8. The minimum atomic E-state index is -0.518. The molecule has 0 atom stereocenters. The van der Waals surface area contributed by atoms with Gasteiger partial charge in [-0.15, -0.1) is 10.2 Å². The first kappa shape index (κ1) is 30.3. The van der Waals surface area contributed by atoms with Gasteiger partial charge in [-0.3, -0.25) is 4.68 Å². The van der Waals surface area contributed by atoms with Crippen LogP contribution in [0.2, 0.25) is 0 Å². The summed E-state index contributed by atoms with van der Waals surface area (Å²) >= 11 is 0. The molecule has 0 bridgehead atoms. The van der Waals surface area contributed by atoms with E-state index in [1.807, 2.05) is 61.9 Å². The van der Waals surface area contributed by atoms with Crippen LogP contribution in [0.25, 0.3) is 27.9 Å². The third-order valence-corrected chi connectivity index (χ3v) is 7.90. The van der Waals surface area contributed by atoms with Crippen molar-refractivity contribution in [1.29, 1.82) is 0 Å². The second-order valence-electron chi connectivity index (χ2n) is 12.2. The first-order valence-corrected chi connectivity index (χ1v) is 15.2. The van der Waals surface area contributed by atoms with Crippen molar-refractivity contribution >= 4 is 34.5 Å². The largest absolute Gasteiger partial charge is 0.467 e. The minimum absolute atomic E-state index is 0.126. The maximum Gasteiger partial charge on any atom is 0.410 e. The molecule has 0 aliphatic carbocycles. The van der Waals surface area contributed by atoms with Crippen molar-refractivity contribution in [2.24, 2.45) is 0 Å². The molecule has 1 amide bonds. The highest BCUT2D eigenvalue weighted by Gasteiger charge is 2.27. The lowest BCUT2D eigenvalue weighted by Gasteiger charge is -2.32. The zero-order valence-electron chi connectivity index (χ0n) is 26.1. The molecule has 13 nitrogen and oxygen atoms in total. The van der Waals surface area contributed by atoms with Crippen LogP contribution in [-0.2, 0) is 9.47 Å². The third kappa shape index (κ3) is 6.68. The zero-order valence-corrected chi connectivity index (χ0v) is 26.1. The van der Waals surface area contributed by atoms with Gasteiger partial charge in [0.25, 0.3) is 0 Å². The summed E-state index contributed by atoms with van der Waals surface area (Å²) in [4.78, 5) is 25.9. The molecule has 6 rings (SSSR count). The number of aromatic nitrogens is 6. The number of amides is 1. The van der Waals surface area contributed by atoms with Crippen molar-refractivity contribution in [3.05, 3.63) is 54.4 Å². The molecule has 3 aromatic heterocycles. The first-order chi connectivity index (χ1) is 21.7. The van der Waals surface area contributed by atoms with Gasteiger partial charge in [0.05, 0.1) is 22.9 Å².